The van der Waals surface area contributed by atoms with Crippen molar-refractivity contribution in [3.8, 4) is 0 Å². The fourth-order valence-electron chi connectivity index (χ4n) is 1.90. The summed E-state index contributed by atoms with van der Waals surface area (Å²) in [6, 6.07) is 9.79. The highest BCUT2D eigenvalue weighted by Crippen LogP contribution is 2.22. The van der Waals surface area contributed by atoms with E-state index in [-0.39, 0.29) is 11.7 Å². The Morgan fingerprint density at radius 2 is 2.18 bits per heavy atom. The Kier molecular flexibility index (Phi) is 5.92. The van der Waals surface area contributed by atoms with Gasteiger partial charge in [0, 0.05) is 17.5 Å². The first-order valence-electron chi connectivity index (χ1n) is 6.66. The molecule has 2 aromatic rings. The standard InChI is InChI=1S/C17H15ClFNOS/c1-2-10-20(12-15-7-8-16(18)22-15)17(21)9-6-13-4-3-5-14(19)11-13/h2-9,11H,1,10,12H2/b9-6+. The van der Waals surface area contributed by atoms with Crippen LogP contribution in [0.25, 0.3) is 6.08 Å². The average Bonchev–Trinajstić information content (AvgIpc) is 2.90. The number of benzene rings is 1. The van der Waals surface area contributed by atoms with Crippen molar-refractivity contribution in [2.45, 2.75) is 6.54 Å². The number of carbonyl (C=O) groups excluding carboxylic acids is 1. The van der Waals surface area contributed by atoms with Crippen molar-refractivity contribution in [3.63, 3.8) is 0 Å². The molecule has 0 aliphatic heterocycles. The van der Waals surface area contributed by atoms with E-state index in [4.69, 9.17) is 11.6 Å². The van der Waals surface area contributed by atoms with Crippen LogP contribution in [0.4, 0.5) is 4.39 Å². The van der Waals surface area contributed by atoms with Gasteiger partial charge in [0.25, 0.3) is 0 Å². The normalized spacial score (nSPS) is 10.8. The van der Waals surface area contributed by atoms with Crippen molar-refractivity contribution in [1.29, 1.82) is 0 Å². The Morgan fingerprint density at radius 1 is 1.36 bits per heavy atom. The summed E-state index contributed by atoms with van der Waals surface area (Å²) in [4.78, 5) is 14.9. The zero-order chi connectivity index (χ0) is 15.9. The van der Waals surface area contributed by atoms with Crippen LogP contribution >= 0.6 is 22.9 Å². The van der Waals surface area contributed by atoms with E-state index in [0.717, 1.165) is 4.88 Å². The number of hydrogen-bond acceptors (Lipinski definition) is 2. The quantitative estimate of drug-likeness (QED) is 0.550. The summed E-state index contributed by atoms with van der Waals surface area (Å²) >= 11 is 7.34. The molecule has 0 aliphatic rings. The van der Waals surface area contributed by atoms with Crippen LogP contribution in [0.3, 0.4) is 0 Å². The molecule has 0 radical (unpaired) electrons. The maximum absolute atomic E-state index is 13.1. The lowest BCUT2D eigenvalue weighted by Gasteiger charge is -2.18. The second-order valence-corrected chi connectivity index (χ2v) is 6.40. The minimum absolute atomic E-state index is 0.159. The van der Waals surface area contributed by atoms with Crippen molar-refractivity contribution in [3.05, 3.63) is 75.7 Å². The number of amides is 1. The summed E-state index contributed by atoms with van der Waals surface area (Å²) in [5, 5.41) is 0. The van der Waals surface area contributed by atoms with Crippen molar-refractivity contribution >= 4 is 34.9 Å². The molecule has 22 heavy (non-hydrogen) atoms. The molecule has 0 saturated heterocycles. The molecule has 5 heteroatoms. The van der Waals surface area contributed by atoms with Gasteiger partial charge in [-0.1, -0.05) is 29.8 Å². The van der Waals surface area contributed by atoms with Gasteiger partial charge in [0.2, 0.25) is 5.91 Å². The Morgan fingerprint density at radius 3 is 2.82 bits per heavy atom. The summed E-state index contributed by atoms with van der Waals surface area (Å²) < 4.78 is 13.8. The van der Waals surface area contributed by atoms with Crippen molar-refractivity contribution in [2.75, 3.05) is 6.54 Å². The Hall–Kier alpha value is -1.91. The fourth-order valence-corrected chi connectivity index (χ4v) is 3.00. The maximum atomic E-state index is 13.1. The predicted molar refractivity (Wildman–Crippen MR) is 90.4 cm³/mol. The highest BCUT2D eigenvalue weighted by molar-refractivity contribution is 7.16. The molecule has 114 valence electrons. The molecule has 0 spiro atoms. The monoisotopic (exact) mass is 335 g/mol. The molecule has 0 atom stereocenters. The third-order valence-electron chi connectivity index (χ3n) is 2.90. The second-order valence-electron chi connectivity index (χ2n) is 4.60. The van der Waals surface area contributed by atoms with Crippen molar-refractivity contribution in [1.82, 2.24) is 4.90 Å². The Labute approximate surface area is 138 Å². The van der Waals surface area contributed by atoms with Gasteiger partial charge in [0.05, 0.1) is 10.9 Å². The average molecular weight is 336 g/mol. The SMILES string of the molecule is C=CCN(Cc1ccc(Cl)s1)C(=O)/C=C/c1cccc(F)c1. The van der Waals surface area contributed by atoms with Crippen molar-refractivity contribution in [2.24, 2.45) is 0 Å². The zero-order valence-electron chi connectivity index (χ0n) is 11.8. The highest BCUT2D eigenvalue weighted by Gasteiger charge is 2.11. The molecular weight excluding hydrogens is 321 g/mol. The largest absolute Gasteiger partial charge is 0.330 e. The van der Waals surface area contributed by atoms with Gasteiger partial charge in [0.15, 0.2) is 0 Å². The molecule has 2 nitrogen and oxygen atoms in total. The highest BCUT2D eigenvalue weighted by atomic mass is 35.5. The zero-order valence-corrected chi connectivity index (χ0v) is 13.4. The molecule has 0 N–H and O–H groups in total. The van der Waals surface area contributed by atoms with Gasteiger partial charge in [-0.15, -0.1) is 17.9 Å². The van der Waals surface area contributed by atoms with Crippen LogP contribution in [0, 0.1) is 5.82 Å². The van der Waals surface area contributed by atoms with Gasteiger partial charge in [0.1, 0.15) is 5.82 Å². The molecule has 1 amide bonds. The van der Waals surface area contributed by atoms with Crippen LogP contribution in [0.2, 0.25) is 4.34 Å². The third-order valence-corrected chi connectivity index (χ3v) is 4.12. The molecule has 1 aromatic heterocycles. The molecule has 0 aliphatic carbocycles. The topological polar surface area (TPSA) is 20.3 Å². The van der Waals surface area contributed by atoms with E-state index in [1.54, 1.807) is 35.3 Å². The summed E-state index contributed by atoms with van der Waals surface area (Å²) in [5.74, 6) is -0.487. The third kappa shape index (κ3) is 4.83. The summed E-state index contributed by atoms with van der Waals surface area (Å²) in [6.45, 7) is 4.57. The number of hydrogen-bond donors (Lipinski definition) is 0. The molecule has 0 bridgehead atoms. The summed E-state index contributed by atoms with van der Waals surface area (Å²) in [6.07, 6.45) is 4.71. The minimum atomic E-state index is -0.328. The van der Waals surface area contributed by atoms with Crippen LogP contribution in [-0.4, -0.2) is 17.4 Å². The predicted octanol–water partition coefficient (Wildman–Crippen LogP) is 4.77. The first-order valence-corrected chi connectivity index (χ1v) is 7.85. The molecule has 0 unspecified atom stereocenters. The number of nitrogens with zero attached hydrogens (tertiary/aromatic N) is 1. The van der Waals surface area contributed by atoms with E-state index < -0.39 is 0 Å². The van der Waals surface area contributed by atoms with Gasteiger partial charge < -0.3 is 4.90 Å². The molecule has 1 heterocycles. The smallest absolute Gasteiger partial charge is 0.247 e. The number of thiophene rings is 1. The van der Waals surface area contributed by atoms with Gasteiger partial charge in [-0.2, -0.15) is 0 Å². The fraction of sp³-hybridized carbons (Fsp3) is 0.118. The first kappa shape index (κ1) is 16.5. The number of halogens is 2. The van der Waals surface area contributed by atoms with Crippen LogP contribution in [-0.2, 0) is 11.3 Å². The van der Waals surface area contributed by atoms with Gasteiger partial charge in [-0.3, -0.25) is 4.79 Å². The lowest BCUT2D eigenvalue weighted by molar-refractivity contribution is -0.126. The van der Waals surface area contributed by atoms with Crippen LogP contribution in [0.15, 0.2) is 55.1 Å². The van der Waals surface area contributed by atoms with E-state index in [1.807, 2.05) is 6.07 Å². The lowest BCUT2D eigenvalue weighted by Crippen LogP contribution is -2.28. The number of carbonyl (C=O) groups is 1. The van der Waals surface area contributed by atoms with Crippen LogP contribution in [0.5, 0.6) is 0 Å². The van der Waals surface area contributed by atoms with Gasteiger partial charge in [-0.05, 0) is 35.9 Å². The Bertz CT molecular complexity index is 695. The molecule has 2 rings (SSSR count). The van der Waals surface area contributed by atoms with Crippen molar-refractivity contribution < 1.29 is 9.18 Å². The summed E-state index contributed by atoms with van der Waals surface area (Å²) in [7, 11) is 0. The maximum Gasteiger partial charge on any atom is 0.247 e. The molecular formula is C17H15ClFNOS. The minimum Gasteiger partial charge on any atom is -0.330 e. The lowest BCUT2D eigenvalue weighted by atomic mass is 10.2. The van der Waals surface area contributed by atoms with E-state index in [2.05, 4.69) is 6.58 Å². The first-order chi connectivity index (χ1) is 10.6. The summed E-state index contributed by atoms with van der Waals surface area (Å²) in [5.41, 5.74) is 0.645. The van der Waals surface area contributed by atoms with E-state index in [0.29, 0.717) is 23.0 Å². The second kappa shape index (κ2) is 7.92. The molecule has 0 fully saturated rings. The van der Waals surface area contributed by atoms with E-state index >= 15 is 0 Å². The van der Waals surface area contributed by atoms with Gasteiger partial charge in [-0.25, -0.2) is 4.39 Å². The number of rotatable bonds is 6. The van der Waals surface area contributed by atoms with E-state index in [1.165, 1.54) is 29.5 Å². The van der Waals surface area contributed by atoms with Crippen LogP contribution < -0.4 is 0 Å². The van der Waals surface area contributed by atoms with Gasteiger partial charge >= 0.3 is 0 Å². The molecule has 0 saturated carbocycles. The van der Waals surface area contributed by atoms with Crippen LogP contribution in [0.1, 0.15) is 10.4 Å². The van der Waals surface area contributed by atoms with E-state index in [9.17, 15) is 9.18 Å². The Balaban J connectivity index is 2.07. The molecule has 1 aromatic carbocycles.